The Bertz CT molecular complexity index is 437. The molecule has 0 bridgehead atoms. The SMILES string of the molecule is CCNC(=NCc1cccc(OC)n1)NC(C)C(C)C.I. The molecule has 0 spiro atoms. The molecule has 0 amide bonds. The molecule has 1 heterocycles. The number of hydrogen-bond donors (Lipinski definition) is 2. The van der Waals surface area contributed by atoms with Crippen molar-refractivity contribution in [1.29, 1.82) is 0 Å². The van der Waals surface area contributed by atoms with Crippen LogP contribution >= 0.6 is 24.0 Å². The first-order chi connectivity index (χ1) is 9.56. The van der Waals surface area contributed by atoms with Gasteiger partial charge in [0.1, 0.15) is 0 Å². The maximum Gasteiger partial charge on any atom is 0.213 e. The zero-order valence-electron chi connectivity index (χ0n) is 13.5. The maximum atomic E-state index is 5.11. The molecule has 0 radical (unpaired) electrons. The Morgan fingerprint density at radius 3 is 2.62 bits per heavy atom. The molecule has 0 aliphatic rings. The van der Waals surface area contributed by atoms with Crippen LogP contribution in [0, 0.1) is 5.92 Å². The quantitative estimate of drug-likeness (QED) is 0.434. The second kappa shape index (κ2) is 10.6. The number of guanidine groups is 1. The smallest absolute Gasteiger partial charge is 0.213 e. The molecule has 0 aliphatic carbocycles. The van der Waals surface area contributed by atoms with Crippen LogP contribution in [-0.4, -0.2) is 30.6 Å². The summed E-state index contributed by atoms with van der Waals surface area (Å²) < 4.78 is 5.11. The minimum atomic E-state index is 0. The molecular formula is C15H27IN4O. The zero-order chi connectivity index (χ0) is 15.0. The van der Waals surface area contributed by atoms with Gasteiger partial charge in [0.2, 0.25) is 5.88 Å². The lowest BCUT2D eigenvalue weighted by molar-refractivity contribution is 0.396. The number of pyridine rings is 1. The molecule has 0 aliphatic heterocycles. The third kappa shape index (κ3) is 7.50. The van der Waals surface area contributed by atoms with Crippen molar-refractivity contribution in [2.45, 2.75) is 40.3 Å². The summed E-state index contributed by atoms with van der Waals surface area (Å²) in [6, 6.07) is 6.07. The second-order valence-electron chi connectivity index (χ2n) is 5.04. The predicted molar refractivity (Wildman–Crippen MR) is 98.5 cm³/mol. The Hall–Kier alpha value is -1.05. The Balaban J connectivity index is 0.00000400. The summed E-state index contributed by atoms with van der Waals surface area (Å²) in [6.07, 6.45) is 0. The van der Waals surface area contributed by atoms with Gasteiger partial charge in [-0.15, -0.1) is 24.0 Å². The van der Waals surface area contributed by atoms with E-state index in [1.807, 2.05) is 18.2 Å². The van der Waals surface area contributed by atoms with E-state index in [4.69, 9.17) is 4.74 Å². The summed E-state index contributed by atoms with van der Waals surface area (Å²) in [5.74, 6) is 1.98. The molecule has 1 aromatic heterocycles. The molecule has 120 valence electrons. The maximum absolute atomic E-state index is 5.11. The molecule has 6 heteroatoms. The molecule has 0 fully saturated rings. The Morgan fingerprint density at radius 2 is 2.05 bits per heavy atom. The van der Waals surface area contributed by atoms with Crippen LogP contribution < -0.4 is 15.4 Å². The van der Waals surface area contributed by atoms with Crippen LogP contribution in [0.15, 0.2) is 23.2 Å². The highest BCUT2D eigenvalue weighted by atomic mass is 127. The third-order valence-corrected chi connectivity index (χ3v) is 3.10. The minimum absolute atomic E-state index is 0. The van der Waals surface area contributed by atoms with Crippen LogP contribution in [0.4, 0.5) is 0 Å². The Morgan fingerprint density at radius 1 is 1.33 bits per heavy atom. The van der Waals surface area contributed by atoms with Crippen molar-refractivity contribution in [2.75, 3.05) is 13.7 Å². The lowest BCUT2D eigenvalue weighted by Gasteiger charge is -2.20. The summed E-state index contributed by atoms with van der Waals surface area (Å²) in [6.45, 7) is 9.94. The first-order valence-electron chi connectivity index (χ1n) is 7.11. The fourth-order valence-electron chi connectivity index (χ4n) is 1.52. The second-order valence-corrected chi connectivity index (χ2v) is 5.04. The lowest BCUT2D eigenvalue weighted by atomic mass is 10.1. The Labute approximate surface area is 145 Å². The van der Waals surface area contributed by atoms with Gasteiger partial charge in [-0.3, -0.25) is 0 Å². The highest BCUT2D eigenvalue weighted by Crippen LogP contribution is 2.07. The fourth-order valence-corrected chi connectivity index (χ4v) is 1.52. The van der Waals surface area contributed by atoms with Crippen molar-refractivity contribution in [3.05, 3.63) is 23.9 Å². The topological polar surface area (TPSA) is 58.5 Å². The van der Waals surface area contributed by atoms with Gasteiger partial charge >= 0.3 is 0 Å². The van der Waals surface area contributed by atoms with Gasteiger partial charge in [0.05, 0.1) is 19.3 Å². The van der Waals surface area contributed by atoms with Crippen molar-refractivity contribution < 1.29 is 4.74 Å². The van der Waals surface area contributed by atoms with Crippen LogP contribution in [0.1, 0.15) is 33.4 Å². The standard InChI is InChI=1S/C15H26N4O.HI/c1-6-16-15(18-12(4)11(2)3)17-10-13-8-7-9-14(19-13)20-5;/h7-9,11-12H,6,10H2,1-5H3,(H2,16,17,18);1H. The summed E-state index contributed by atoms with van der Waals surface area (Å²) in [7, 11) is 1.62. The van der Waals surface area contributed by atoms with Crippen molar-refractivity contribution in [1.82, 2.24) is 15.6 Å². The van der Waals surface area contributed by atoms with E-state index in [9.17, 15) is 0 Å². The Kier molecular flexibility index (Phi) is 10.1. The fraction of sp³-hybridized carbons (Fsp3) is 0.600. The van der Waals surface area contributed by atoms with Crippen molar-refractivity contribution >= 4 is 29.9 Å². The number of ether oxygens (including phenoxy) is 1. The molecule has 0 aromatic carbocycles. The average molecular weight is 406 g/mol. The molecule has 1 atom stereocenters. The number of methoxy groups -OCH3 is 1. The molecule has 21 heavy (non-hydrogen) atoms. The first kappa shape index (κ1) is 19.9. The van der Waals surface area contributed by atoms with Crippen molar-refractivity contribution in [3.8, 4) is 5.88 Å². The zero-order valence-corrected chi connectivity index (χ0v) is 15.8. The molecular weight excluding hydrogens is 379 g/mol. The van der Waals surface area contributed by atoms with Crippen LogP contribution in [0.5, 0.6) is 5.88 Å². The number of halogens is 1. The lowest BCUT2D eigenvalue weighted by Crippen LogP contribution is -2.44. The van der Waals surface area contributed by atoms with Gasteiger partial charge in [-0.2, -0.15) is 0 Å². The number of nitrogens with one attached hydrogen (secondary N) is 2. The normalized spacial score (nSPS) is 12.6. The molecule has 1 rings (SSSR count). The van der Waals surface area contributed by atoms with Gasteiger partial charge in [-0.1, -0.05) is 19.9 Å². The summed E-state index contributed by atoms with van der Waals surface area (Å²) >= 11 is 0. The molecule has 0 saturated heterocycles. The number of aliphatic imine (C=N–C) groups is 1. The van der Waals surface area contributed by atoms with E-state index in [0.717, 1.165) is 18.2 Å². The number of nitrogens with zero attached hydrogens (tertiary/aromatic N) is 2. The van der Waals surface area contributed by atoms with Crippen molar-refractivity contribution in [2.24, 2.45) is 10.9 Å². The van der Waals surface area contributed by atoms with Gasteiger partial charge < -0.3 is 15.4 Å². The van der Waals surface area contributed by atoms with E-state index in [-0.39, 0.29) is 24.0 Å². The van der Waals surface area contributed by atoms with Gasteiger partial charge in [-0.05, 0) is 25.8 Å². The minimum Gasteiger partial charge on any atom is -0.481 e. The molecule has 1 unspecified atom stereocenters. The third-order valence-electron chi connectivity index (χ3n) is 3.10. The van der Waals surface area contributed by atoms with E-state index in [2.05, 4.69) is 48.3 Å². The molecule has 2 N–H and O–H groups in total. The number of hydrogen-bond acceptors (Lipinski definition) is 3. The van der Waals surface area contributed by atoms with E-state index in [0.29, 0.717) is 24.4 Å². The van der Waals surface area contributed by atoms with Crippen LogP contribution in [-0.2, 0) is 6.54 Å². The molecule has 0 saturated carbocycles. The highest BCUT2D eigenvalue weighted by molar-refractivity contribution is 14.0. The largest absolute Gasteiger partial charge is 0.481 e. The molecule has 1 aromatic rings. The van der Waals surface area contributed by atoms with Gasteiger partial charge in [0.25, 0.3) is 0 Å². The van der Waals surface area contributed by atoms with E-state index >= 15 is 0 Å². The van der Waals surface area contributed by atoms with E-state index in [1.165, 1.54) is 0 Å². The number of aromatic nitrogens is 1. The summed E-state index contributed by atoms with van der Waals surface area (Å²) in [4.78, 5) is 8.91. The van der Waals surface area contributed by atoms with Gasteiger partial charge in [0, 0.05) is 18.7 Å². The van der Waals surface area contributed by atoms with Gasteiger partial charge in [-0.25, -0.2) is 9.98 Å². The van der Waals surface area contributed by atoms with Crippen molar-refractivity contribution in [3.63, 3.8) is 0 Å². The summed E-state index contributed by atoms with van der Waals surface area (Å²) in [5, 5.41) is 6.64. The van der Waals surface area contributed by atoms with Gasteiger partial charge in [0.15, 0.2) is 5.96 Å². The van der Waals surface area contributed by atoms with Crippen LogP contribution in [0.2, 0.25) is 0 Å². The predicted octanol–water partition coefficient (Wildman–Crippen LogP) is 2.81. The highest BCUT2D eigenvalue weighted by Gasteiger charge is 2.08. The summed E-state index contributed by atoms with van der Waals surface area (Å²) in [5.41, 5.74) is 0.888. The van der Waals surface area contributed by atoms with Crippen LogP contribution in [0.3, 0.4) is 0 Å². The van der Waals surface area contributed by atoms with E-state index in [1.54, 1.807) is 7.11 Å². The number of rotatable bonds is 6. The average Bonchev–Trinajstić information content (AvgIpc) is 2.45. The van der Waals surface area contributed by atoms with E-state index < -0.39 is 0 Å². The van der Waals surface area contributed by atoms with Crippen LogP contribution in [0.25, 0.3) is 0 Å². The first-order valence-corrected chi connectivity index (χ1v) is 7.11. The molecule has 5 nitrogen and oxygen atoms in total. The monoisotopic (exact) mass is 406 g/mol.